The van der Waals surface area contributed by atoms with Crippen molar-refractivity contribution in [2.24, 2.45) is 0 Å². The molecular formula is C43H57N3O5. The maximum absolute atomic E-state index is 12.9. The molecule has 0 aromatic heterocycles. The first-order chi connectivity index (χ1) is 25.0. The van der Waals surface area contributed by atoms with Crippen molar-refractivity contribution < 1.29 is 29.5 Å². The van der Waals surface area contributed by atoms with Crippen molar-refractivity contribution in [2.45, 2.75) is 71.6 Å². The molecule has 0 unspecified atom stereocenters. The monoisotopic (exact) mass is 695 g/mol. The lowest BCUT2D eigenvalue weighted by Crippen LogP contribution is -2.84. The number of aliphatic carboxylic acids is 1. The van der Waals surface area contributed by atoms with E-state index in [0.29, 0.717) is 18.9 Å². The lowest BCUT2D eigenvalue weighted by Gasteiger charge is -2.23. The number of nitrogens with zero attached hydrogens (tertiary/aromatic N) is 1. The molecule has 0 aliphatic carbocycles. The summed E-state index contributed by atoms with van der Waals surface area (Å²) in [5.41, 5.74) is 4.75. The number of hydrogen-bond donors (Lipinski definition) is 2. The van der Waals surface area contributed by atoms with Gasteiger partial charge in [-0.3, -0.25) is 4.79 Å². The number of rotatable bonds is 23. The van der Waals surface area contributed by atoms with E-state index in [4.69, 9.17) is 9.47 Å². The molecule has 8 nitrogen and oxygen atoms in total. The summed E-state index contributed by atoms with van der Waals surface area (Å²) in [4.78, 5) is 25.9. The molecule has 0 spiro atoms. The number of nitrogens with two attached hydrogens (primary N) is 1. The standard InChI is InChI=1S/C27H37NO5.C16H20N2/c1-3-5-6-10-18-28(19-17-22-11-8-7-9-12-22)26(29)21-33-24-15-13-23(14-16-24)20-25(27(30)31)32-4-2;1-3-7-15(8-4-1)13-17-11-12-18-14-16-9-5-2-6-10-16/h7-9,11-16,25H,3-6,10,17-21H2,1-2H3,(H,30,31);1-10,17-18H,11-14H2/t25-;/m0./s1. The molecule has 0 radical (unpaired) electrons. The highest BCUT2D eigenvalue weighted by Crippen LogP contribution is 2.15. The molecule has 1 atom stereocenters. The molecule has 0 heterocycles. The number of benzene rings is 4. The number of unbranched alkanes of at least 4 members (excludes halogenated alkanes) is 3. The van der Waals surface area contributed by atoms with Crippen LogP contribution in [0.5, 0.6) is 5.75 Å². The van der Waals surface area contributed by atoms with E-state index in [1.807, 2.05) is 23.1 Å². The molecule has 0 saturated carbocycles. The number of amides is 1. The summed E-state index contributed by atoms with van der Waals surface area (Å²) >= 11 is 0. The Balaban J connectivity index is 0.000000327. The Labute approximate surface area is 305 Å². The summed E-state index contributed by atoms with van der Waals surface area (Å²) in [6.45, 7) is 9.78. The maximum Gasteiger partial charge on any atom is 0.260 e. The zero-order valence-corrected chi connectivity index (χ0v) is 30.5. The van der Waals surface area contributed by atoms with Crippen LogP contribution in [0.3, 0.4) is 0 Å². The van der Waals surface area contributed by atoms with E-state index >= 15 is 0 Å². The van der Waals surface area contributed by atoms with Crippen LogP contribution in [0.1, 0.15) is 61.8 Å². The van der Waals surface area contributed by atoms with Crippen molar-refractivity contribution in [3.05, 3.63) is 138 Å². The predicted molar refractivity (Wildman–Crippen MR) is 202 cm³/mol. The second-order valence-corrected chi connectivity index (χ2v) is 12.5. The molecule has 3 N–H and O–H groups in total. The highest BCUT2D eigenvalue weighted by Gasteiger charge is 2.15. The van der Waals surface area contributed by atoms with E-state index < -0.39 is 12.1 Å². The van der Waals surface area contributed by atoms with Gasteiger partial charge in [0.05, 0.1) is 12.5 Å². The SMILES string of the molecule is CCCCCCN(CCc1ccccc1)C(=O)COc1ccc(C[C@H](OCC)C(=O)[O-])cc1.c1ccc(CNCC[NH2+]Cc2ccccc2)cc1. The summed E-state index contributed by atoms with van der Waals surface area (Å²) in [6, 6.07) is 38.4. The van der Waals surface area contributed by atoms with Gasteiger partial charge in [0, 0.05) is 44.8 Å². The van der Waals surface area contributed by atoms with E-state index in [2.05, 4.69) is 90.4 Å². The highest BCUT2D eigenvalue weighted by atomic mass is 16.5. The van der Waals surface area contributed by atoms with Crippen LogP contribution in [0.2, 0.25) is 0 Å². The highest BCUT2D eigenvalue weighted by molar-refractivity contribution is 5.77. The van der Waals surface area contributed by atoms with Crippen LogP contribution < -0.4 is 20.5 Å². The Morgan fingerprint density at radius 2 is 1.37 bits per heavy atom. The molecule has 0 fully saturated rings. The fourth-order valence-electron chi connectivity index (χ4n) is 5.50. The molecule has 4 rings (SSSR count). The van der Waals surface area contributed by atoms with Gasteiger partial charge in [0.1, 0.15) is 18.4 Å². The van der Waals surface area contributed by atoms with Crippen molar-refractivity contribution >= 4 is 11.9 Å². The minimum absolute atomic E-state index is 0.0253. The zero-order valence-electron chi connectivity index (χ0n) is 30.5. The second kappa shape index (κ2) is 25.5. The van der Waals surface area contributed by atoms with Gasteiger partial charge in [-0.05, 0) is 48.6 Å². The van der Waals surface area contributed by atoms with E-state index in [0.717, 1.165) is 64.0 Å². The number of carbonyl (C=O) groups excluding carboxylic acids is 2. The van der Waals surface area contributed by atoms with E-state index in [1.165, 1.54) is 23.1 Å². The number of nitrogens with one attached hydrogen (secondary N) is 1. The van der Waals surface area contributed by atoms with Crippen LogP contribution in [0.25, 0.3) is 0 Å². The van der Waals surface area contributed by atoms with Crippen LogP contribution in [-0.2, 0) is 40.3 Å². The number of hydrogen-bond acceptors (Lipinski definition) is 6. The van der Waals surface area contributed by atoms with E-state index in [-0.39, 0.29) is 18.9 Å². The quantitative estimate of drug-likeness (QED) is 0.106. The average molecular weight is 696 g/mol. The number of carboxylic acid groups (broad SMARTS) is 1. The third-order valence-corrected chi connectivity index (χ3v) is 8.41. The molecule has 0 aliphatic rings. The smallest absolute Gasteiger partial charge is 0.260 e. The Morgan fingerprint density at radius 1 is 0.745 bits per heavy atom. The normalized spacial score (nSPS) is 11.3. The van der Waals surface area contributed by atoms with Crippen LogP contribution in [-0.4, -0.2) is 62.3 Å². The van der Waals surface area contributed by atoms with Crippen molar-refractivity contribution in [1.29, 1.82) is 0 Å². The fourth-order valence-corrected chi connectivity index (χ4v) is 5.50. The molecule has 51 heavy (non-hydrogen) atoms. The lowest BCUT2D eigenvalue weighted by molar-refractivity contribution is -0.668. The van der Waals surface area contributed by atoms with Crippen LogP contribution in [0.4, 0.5) is 0 Å². The first-order valence-corrected chi connectivity index (χ1v) is 18.4. The summed E-state index contributed by atoms with van der Waals surface area (Å²) < 4.78 is 10.9. The predicted octanol–water partition coefficient (Wildman–Crippen LogP) is 4.95. The van der Waals surface area contributed by atoms with Crippen LogP contribution >= 0.6 is 0 Å². The minimum atomic E-state index is -1.22. The fraction of sp³-hybridized carbons (Fsp3) is 0.395. The van der Waals surface area contributed by atoms with Crippen molar-refractivity contribution in [1.82, 2.24) is 10.2 Å². The number of carboxylic acids is 1. The van der Waals surface area contributed by atoms with Gasteiger partial charge in [0.2, 0.25) is 0 Å². The van der Waals surface area contributed by atoms with Gasteiger partial charge in [-0.2, -0.15) is 0 Å². The third-order valence-electron chi connectivity index (χ3n) is 8.41. The molecule has 0 saturated heterocycles. The van der Waals surface area contributed by atoms with Gasteiger partial charge < -0.3 is 34.9 Å². The minimum Gasteiger partial charge on any atom is -0.547 e. The van der Waals surface area contributed by atoms with Gasteiger partial charge in [0.25, 0.3) is 5.91 Å². The Hall–Kier alpha value is -4.50. The van der Waals surface area contributed by atoms with Crippen LogP contribution in [0.15, 0.2) is 115 Å². The molecule has 8 heteroatoms. The van der Waals surface area contributed by atoms with Gasteiger partial charge >= 0.3 is 0 Å². The zero-order chi connectivity index (χ0) is 36.4. The van der Waals surface area contributed by atoms with Crippen LogP contribution in [0, 0.1) is 0 Å². The molecule has 0 aliphatic heterocycles. The largest absolute Gasteiger partial charge is 0.547 e. The Morgan fingerprint density at radius 3 is 1.98 bits per heavy atom. The molecule has 1 amide bonds. The topological polar surface area (TPSA) is 108 Å². The Kier molecular flexibility index (Phi) is 20.4. The van der Waals surface area contributed by atoms with Gasteiger partial charge in [0.15, 0.2) is 6.61 Å². The molecule has 274 valence electrons. The Bertz CT molecular complexity index is 1430. The first kappa shape index (κ1) is 40.9. The van der Waals surface area contributed by atoms with Crippen molar-refractivity contribution in [3.63, 3.8) is 0 Å². The summed E-state index contributed by atoms with van der Waals surface area (Å²) in [5, 5.41) is 17.0. The molecular weight excluding hydrogens is 638 g/mol. The molecule has 0 bridgehead atoms. The van der Waals surface area contributed by atoms with E-state index in [9.17, 15) is 14.7 Å². The molecule has 4 aromatic carbocycles. The number of carbonyl (C=O) groups is 2. The summed E-state index contributed by atoms with van der Waals surface area (Å²) in [7, 11) is 0. The van der Waals surface area contributed by atoms with Gasteiger partial charge in [-0.15, -0.1) is 0 Å². The lowest BCUT2D eigenvalue weighted by atomic mass is 10.1. The van der Waals surface area contributed by atoms with Gasteiger partial charge in [-0.1, -0.05) is 129 Å². The summed E-state index contributed by atoms with van der Waals surface area (Å²) in [6.07, 6.45) is 4.49. The van der Waals surface area contributed by atoms with E-state index in [1.54, 1.807) is 31.2 Å². The molecule has 4 aromatic rings. The number of quaternary nitrogens is 1. The first-order valence-electron chi connectivity index (χ1n) is 18.4. The van der Waals surface area contributed by atoms with Crippen molar-refractivity contribution in [2.75, 3.05) is 39.4 Å². The van der Waals surface area contributed by atoms with Crippen molar-refractivity contribution in [3.8, 4) is 5.75 Å². The maximum atomic E-state index is 12.9. The second-order valence-electron chi connectivity index (χ2n) is 12.5. The third kappa shape index (κ3) is 17.8. The van der Waals surface area contributed by atoms with Gasteiger partial charge in [-0.25, -0.2) is 0 Å². The average Bonchev–Trinajstić information content (AvgIpc) is 3.16. The number of ether oxygens (including phenoxy) is 2. The summed E-state index contributed by atoms with van der Waals surface area (Å²) in [5.74, 6) is -0.681.